The lowest BCUT2D eigenvalue weighted by molar-refractivity contribution is 0.689. The lowest BCUT2D eigenvalue weighted by Gasteiger charge is -2.22. The molecule has 1 aliphatic rings. The standard InChI is InChI=1S/C22H20N6/c1-11-15-10-12(6-7-16(15)26-25-11)21-14-5-3-2-4-13(14)19-17(24-21)8-9-18-20(19)22(23)28-27-18/h6-10H,2-5H2,1H3,(H,25,26)(H3,23,27,28). The van der Waals surface area contributed by atoms with Gasteiger partial charge in [0.05, 0.1) is 33.3 Å². The van der Waals surface area contributed by atoms with Crippen LogP contribution in [0.3, 0.4) is 0 Å². The molecule has 138 valence electrons. The number of rotatable bonds is 1. The number of aromatic amines is 2. The monoisotopic (exact) mass is 368 g/mol. The second kappa shape index (κ2) is 5.55. The first-order valence-electron chi connectivity index (χ1n) is 9.74. The number of hydrogen-bond donors (Lipinski definition) is 3. The fourth-order valence-corrected chi connectivity index (χ4v) is 4.69. The van der Waals surface area contributed by atoms with Crippen molar-refractivity contribution in [2.24, 2.45) is 0 Å². The Morgan fingerprint density at radius 1 is 0.893 bits per heavy atom. The van der Waals surface area contributed by atoms with Gasteiger partial charge >= 0.3 is 0 Å². The van der Waals surface area contributed by atoms with Gasteiger partial charge in [-0.1, -0.05) is 6.07 Å². The van der Waals surface area contributed by atoms with Crippen molar-refractivity contribution in [3.63, 3.8) is 0 Å². The molecule has 0 radical (unpaired) electrons. The topological polar surface area (TPSA) is 96.3 Å². The van der Waals surface area contributed by atoms with Crippen molar-refractivity contribution in [2.75, 3.05) is 5.73 Å². The highest BCUT2D eigenvalue weighted by atomic mass is 15.1. The van der Waals surface area contributed by atoms with Gasteiger partial charge in [0.2, 0.25) is 0 Å². The highest BCUT2D eigenvalue weighted by molar-refractivity contribution is 6.12. The van der Waals surface area contributed by atoms with Crippen LogP contribution in [0, 0.1) is 6.92 Å². The minimum atomic E-state index is 0.554. The molecule has 0 aliphatic heterocycles. The summed E-state index contributed by atoms with van der Waals surface area (Å²) in [6.07, 6.45) is 4.48. The Labute approximate surface area is 161 Å². The van der Waals surface area contributed by atoms with E-state index in [1.165, 1.54) is 29.4 Å². The molecule has 28 heavy (non-hydrogen) atoms. The molecule has 4 N–H and O–H groups in total. The van der Waals surface area contributed by atoms with E-state index >= 15 is 0 Å². The zero-order chi connectivity index (χ0) is 18.8. The maximum Gasteiger partial charge on any atom is 0.153 e. The Balaban J connectivity index is 1.72. The number of aryl methyl sites for hydroxylation is 2. The van der Waals surface area contributed by atoms with Crippen LogP contribution in [0.15, 0.2) is 30.3 Å². The predicted octanol–water partition coefficient (Wildman–Crippen LogP) is 4.42. The average Bonchev–Trinajstić information content (AvgIpc) is 3.30. The molecular formula is C22H20N6. The van der Waals surface area contributed by atoms with Crippen molar-refractivity contribution in [1.29, 1.82) is 0 Å². The molecule has 5 aromatic rings. The molecule has 3 aromatic heterocycles. The number of anilines is 1. The number of H-pyrrole nitrogens is 2. The molecule has 6 heteroatoms. The van der Waals surface area contributed by atoms with Crippen molar-refractivity contribution < 1.29 is 0 Å². The van der Waals surface area contributed by atoms with Crippen LogP contribution in [-0.2, 0) is 12.8 Å². The largest absolute Gasteiger partial charge is 0.382 e. The van der Waals surface area contributed by atoms with E-state index in [0.717, 1.165) is 57.1 Å². The van der Waals surface area contributed by atoms with Crippen molar-refractivity contribution >= 4 is 38.5 Å². The molecule has 0 fully saturated rings. The van der Waals surface area contributed by atoms with E-state index in [9.17, 15) is 0 Å². The number of fused-ring (bicyclic) bond motifs is 6. The summed E-state index contributed by atoms with van der Waals surface area (Å²) >= 11 is 0. The third-order valence-electron chi connectivity index (χ3n) is 6.05. The number of nitrogens with zero attached hydrogens (tertiary/aromatic N) is 3. The van der Waals surface area contributed by atoms with E-state index in [0.29, 0.717) is 5.82 Å². The number of aromatic nitrogens is 5. The molecule has 0 atom stereocenters. The normalized spacial score (nSPS) is 14.2. The van der Waals surface area contributed by atoms with Gasteiger partial charge in [-0.05, 0) is 68.0 Å². The van der Waals surface area contributed by atoms with Crippen LogP contribution < -0.4 is 5.73 Å². The zero-order valence-electron chi connectivity index (χ0n) is 15.6. The second-order valence-corrected chi connectivity index (χ2v) is 7.69. The van der Waals surface area contributed by atoms with Gasteiger partial charge in [-0.15, -0.1) is 0 Å². The van der Waals surface area contributed by atoms with E-state index in [4.69, 9.17) is 10.7 Å². The minimum absolute atomic E-state index is 0.554. The maximum absolute atomic E-state index is 6.21. The first kappa shape index (κ1) is 15.6. The van der Waals surface area contributed by atoms with Crippen LogP contribution in [0.2, 0.25) is 0 Å². The average molecular weight is 368 g/mol. The maximum atomic E-state index is 6.21. The van der Waals surface area contributed by atoms with Crippen LogP contribution in [0.5, 0.6) is 0 Å². The fourth-order valence-electron chi connectivity index (χ4n) is 4.69. The third-order valence-corrected chi connectivity index (χ3v) is 6.05. The number of pyridine rings is 1. The Bertz CT molecular complexity index is 1390. The molecule has 0 amide bonds. The Kier molecular flexibility index (Phi) is 3.10. The predicted molar refractivity (Wildman–Crippen MR) is 112 cm³/mol. The van der Waals surface area contributed by atoms with Gasteiger partial charge in [0.15, 0.2) is 5.82 Å². The first-order valence-corrected chi connectivity index (χ1v) is 9.74. The molecule has 1 aliphatic carbocycles. The number of hydrogen-bond acceptors (Lipinski definition) is 4. The molecular weight excluding hydrogens is 348 g/mol. The van der Waals surface area contributed by atoms with Gasteiger partial charge in [-0.2, -0.15) is 10.2 Å². The minimum Gasteiger partial charge on any atom is -0.382 e. The molecule has 2 aromatic carbocycles. The molecule has 6 nitrogen and oxygen atoms in total. The molecule has 0 saturated carbocycles. The first-order chi connectivity index (χ1) is 13.7. The number of nitrogens with one attached hydrogen (secondary N) is 2. The molecule has 0 spiro atoms. The van der Waals surface area contributed by atoms with Gasteiger partial charge < -0.3 is 5.73 Å². The lowest BCUT2D eigenvalue weighted by Crippen LogP contribution is -2.08. The Morgan fingerprint density at radius 2 is 1.68 bits per heavy atom. The number of nitrogens with two attached hydrogens (primary N) is 1. The van der Waals surface area contributed by atoms with Crippen LogP contribution >= 0.6 is 0 Å². The summed E-state index contributed by atoms with van der Waals surface area (Å²) in [5, 5.41) is 18.0. The van der Waals surface area contributed by atoms with Crippen molar-refractivity contribution in [1.82, 2.24) is 25.4 Å². The summed E-state index contributed by atoms with van der Waals surface area (Å²) in [4.78, 5) is 5.12. The summed E-state index contributed by atoms with van der Waals surface area (Å²) < 4.78 is 0. The highest BCUT2D eigenvalue weighted by Gasteiger charge is 2.22. The quantitative estimate of drug-likeness (QED) is 0.408. The Morgan fingerprint density at radius 3 is 2.57 bits per heavy atom. The van der Waals surface area contributed by atoms with E-state index in [1.54, 1.807) is 0 Å². The van der Waals surface area contributed by atoms with E-state index in [1.807, 2.05) is 13.0 Å². The number of benzene rings is 2. The summed E-state index contributed by atoms with van der Waals surface area (Å²) in [5.41, 5.74) is 15.2. The zero-order valence-corrected chi connectivity index (χ0v) is 15.6. The van der Waals surface area contributed by atoms with Crippen LogP contribution in [-0.4, -0.2) is 25.4 Å². The van der Waals surface area contributed by atoms with Crippen molar-refractivity contribution in [3.05, 3.63) is 47.2 Å². The fraction of sp³-hybridized carbons (Fsp3) is 0.227. The van der Waals surface area contributed by atoms with Gasteiger partial charge in [0.25, 0.3) is 0 Å². The molecule has 3 heterocycles. The smallest absolute Gasteiger partial charge is 0.153 e. The van der Waals surface area contributed by atoms with Gasteiger partial charge in [0.1, 0.15) is 0 Å². The highest BCUT2D eigenvalue weighted by Crippen LogP contribution is 2.39. The molecule has 0 saturated heterocycles. The molecule has 0 bridgehead atoms. The summed E-state index contributed by atoms with van der Waals surface area (Å²) in [5.74, 6) is 0.554. The molecule has 0 unspecified atom stereocenters. The SMILES string of the molecule is Cc1n[nH]c2ccc(-c3nc4ccc5[nH]nc(N)c5c4c4c3CCCC4)cc12. The second-order valence-electron chi connectivity index (χ2n) is 7.69. The van der Waals surface area contributed by atoms with E-state index in [-0.39, 0.29) is 0 Å². The van der Waals surface area contributed by atoms with Crippen LogP contribution in [0.1, 0.15) is 29.7 Å². The van der Waals surface area contributed by atoms with Gasteiger partial charge in [-0.3, -0.25) is 10.2 Å². The molecule has 6 rings (SSSR count). The number of nitrogen functional groups attached to an aromatic ring is 1. The van der Waals surface area contributed by atoms with E-state index < -0.39 is 0 Å². The van der Waals surface area contributed by atoms with Crippen molar-refractivity contribution in [2.45, 2.75) is 32.6 Å². The van der Waals surface area contributed by atoms with Gasteiger partial charge in [-0.25, -0.2) is 4.98 Å². The van der Waals surface area contributed by atoms with Crippen LogP contribution in [0.4, 0.5) is 5.82 Å². The van der Waals surface area contributed by atoms with E-state index in [2.05, 4.69) is 44.7 Å². The summed E-state index contributed by atoms with van der Waals surface area (Å²) in [7, 11) is 0. The van der Waals surface area contributed by atoms with Gasteiger partial charge in [0, 0.05) is 16.3 Å². The summed E-state index contributed by atoms with van der Waals surface area (Å²) in [6, 6.07) is 10.6. The Hall–Kier alpha value is -3.41. The van der Waals surface area contributed by atoms with Crippen LogP contribution in [0.25, 0.3) is 44.0 Å². The lowest BCUT2D eigenvalue weighted by atomic mass is 9.85. The summed E-state index contributed by atoms with van der Waals surface area (Å²) in [6.45, 7) is 2.03. The third kappa shape index (κ3) is 2.05. The van der Waals surface area contributed by atoms with Crippen molar-refractivity contribution in [3.8, 4) is 11.3 Å².